The molecular weight excluding hydrogens is 439 g/mol. The number of nitrogens with two attached hydrogens (primary N) is 1. The average molecular weight is 459 g/mol. The number of pyridine rings is 1. The van der Waals surface area contributed by atoms with Gasteiger partial charge in [-0.1, -0.05) is 18.2 Å². The van der Waals surface area contributed by atoms with E-state index in [0.717, 1.165) is 16.6 Å². The number of aromatic nitrogens is 3. The average Bonchev–Trinajstić information content (AvgIpc) is 3.13. The lowest BCUT2D eigenvalue weighted by Gasteiger charge is -2.14. The zero-order valence-electron chi connectivity index (χ0n) is 17.3. The number of nitrogens with one attached hydrogen (secondary N) is 1. The summed E-state index contributed by atoms with van der Waals surface area (Å²) in [7, 11) is 1.82. The summed E-state index contributed by atoms with van der Waals surface area (Å²) in [5.41, 5.74) is 10.3. The van der Waals surface area contributed by atoms with Gasteiger partial charge in [0.1, 0.15) is 29.7 Å². The zero-order chi connectivity index (χ0) is 22.8. The van der Waals surface area contributed by atoms with E-state index in [1.54, 1.807) is 41.2 Å². The second kappa shape index (κ2) is 8.99. The minimum Gasteiger partial charge on any atom is -0.487 e. The molecule has 2 aromatic carbocycles. The molecule has 32 heavy (non-hydrogen) atoms. The molecule has 0 aliphatic rings. The van der Waals surface area contributed by atoms with Crippen molar-refractivity contribution in [1.82, 2.24) is 14.8 Å². The van der Waals surface area contributed by atoms with Crippen LogP contribution in [-0.2, 0) is 13.7 Å². The summed E-state index contributed by atoms with van der Waals surface area (Å²) in [6.07, 6.45) is 1.69. The molecule has 0 amide bonds. The number of hydrogen-bond acceptors (Lipinski definition) is 6. The van der Waals surface area contributed by atoms with Crippen LogP contribution in [0, 0.1) is 12.7 Å². The highest BCUT2D eigenvalue weighted by Crippen LogP contribution is 2.37. The van der Waals surface area contributed by atoms with Gasteiger partial charge in [-0.2, -0.15) is 13.9 Å². The molecular formula is C22H20F3N5OS. The minimum atomic E-state index is -2.60. The Morgan fingerprint density at radius 1 is 1.19 bits per heavy atom. The SMILES string of the molecule is Cc1cnc(N)c2c(-c3ccc(NSC(F)F)c(OCc4ccc(F)cc4)c3)nn(C)c12. The van der Waals surface area contributed by atoms with E-state index >= 15 is 0 Å². The Labute approximate surface area is 186 Å². The van der Waals surface area contributed by atoms with E-state index in [9.17, 15) is 13.2 Å². The van der Waals surface area contributed by atoms with E-state index in [1.807, 2.05) is 14.0 Å². The number of halogens is 3. The smallest absolute Gasteiger partial charge is 0.302 e. The maximum atomic E-state index is 13.2. The van der Waals surface area contributed by atoms with Gasteiger partial charge in [0.2, 0.25) is 0 Å². The van der Waals surface area contributed by atoms with Gasteiger partial charge in [0.05, 0.1) is 16.6 Å². The first kappa shape index (κ1) is 21.8. The van der Waals surface area contributed by atoms with Crippen LogP contribution in [0.25, 0.3) is 22.2 Å². The number of hydrogen-bond donors (Lipinski definition) is 2. The van der Waals surface area contributed by atoms with Gasteiger partial charge >= 0.3 is 5.76 Å². The Kier molecular flexibility index (Phi) is 6.13. The van der Waals surface area contributed by atoms with E-state index in [0.29, 0.717) is 33.9 Å². The Morgan fingerprint density at radius 2 is 1.94 bits per heavy atom. The van der Waals surface area contributed by atoms with Crippen LogP contribution in [0.15, 0.2) is 48.7 Å². The van der Waals surface area contributed by atoms with Crippen molar-refractivity contribution in [1.29, 1.82) is 0 Å². The van der Waals surface area contributed by atoms with Crippen LogP contribution >= 0.6 is 11.9 Å². The lowest BCUT2D eigenvalue weighted by Crippen LogP contribution is -2.00. The molecule has 0 aliphatic heterocycles. The number of ether oxygens (including phenoxy) is 1. The van der Waals surface area contributed by atoms with E-state index in [1.165, 1.54) is 12.1 Å². The molecule has 0 saturated heterocycles. The third-order valence-corrected chi connectivity index (χ3v) is 5.41. The van der Waals surface area contributed by atoms with E-state index in [-0.39, 0.29) is 24.4 Å². The van der Waals surface area contributed by atoms with Crippen LogP contribution in [0.5, 0.6) is 5.75 Å². The molecule has 0 fully saturated rings. The predicted octanol–water partition coefficient (Wildman–Crippen LogP) is 5.53. The molecule has 0 spiro atoms. The highest BCUT2D eigenvalue weighted by Gasteiger charge is 2.18. The molecule has 0 unspecified atom stereocenters. The third-order valence-electron chi connectivity index (χ3n) is 4.89. The second-order valence-electron chi connectivity index (χ2n) is 7.13. The van der Waals surface area contributed by atoms with Crippen molar-refractivity contribution in [3.05, 3.63) is 65.6 Å². The first-order valence-corrected chi connectivity index (χ1v) is 10.5. The summed E-state index contributed by atoms with van der Waals surface area (Å²) in [6, 6.07) is 11.0. The number of nitrogens with zero attached hydrogens (tertiary/aromatic N) is 3. The third kappa shape index (κ3) is 4.45. The molecule has 0 saturated carbocycles. The maximum absolute atomic E-state index is 13.2. The molecule has 10 heteroatoms. The minimum absolute atomic E-state index is 0.128. The summed E-state index contributed by atoms with van der Waals surface area (Å²) in [4.78, 5) is 4.24. The van der Waals surface area contributed by atoms with Crippen molar-refractivity contribution in [3.63, 3.8) is 0 Å². The molecule has 3 N–H and O–H groups in total. The second-order valence-corrected chi connectivity index (χ2v) is 7.93. The summed E-state index contributed by atoms with van der Waals surface area (Å²) >= 11 is 0.272. The lowest BCUT2D eigenvalue weighted by atomic mass is 10.1. The van der Waals surface area contributed by atoms with Crippen LogP contribution in [0.3, 0.4) is 0 Å². The molecule has 0 aliphatic carbocycles. The normalized spacial score (nSPS) is 11.3. The van der Waals surface area contributed by atoms with Crippen molar-refractivity contribution in [2.45, 2.75) is 19.3 Å². The highest BCUT2D eigenvalue weighted by atomic mass is 32.2. The lowest BCUT2D eigenvalue weighted by molar-refractivity contribution is 0.252. The summed E-state index contributed by atoms with van der Waals surface area (Å²) < 4.78 is 48.9. The largest absolute Gasteiger partial charge is 0.487 e. The Balaban J connectivity index is 1.74. The van der Waals surface area contributed by atoms with Gasteiger partial charge in [-0.25, -0.2) is 9.37 Å². The van der Waals surface area contributed by atoms with Crippen molar-refractivity contribution in [2.24, 2.45) is 7.05 Å². The van der Waals surface area contributed by atoms with Crippen LogP contribution in [0.1, 0.15) is 11.1 Å². The van der Waals surface area contributed by atoms with Gasteiger partial charge in [-0.05, 0) is 42.3 Å². The Morgan fingerprint density at radius 3 is 2.66 bits per heavy atom. The van der Waals surface area contributed by atoms with E-state index < -0.39 is 5.76 Å². The van der Waals surface area contributed by atoms with Gasteiger partial charge in [0.25, 0.3) is 0 Å². The molecule has 0 radical (unpaired) electrons. The van der Waals surface area contributed by atoms with Crippen LogP contribution in [0.2, 0.25) is 0 Å². The molecule has 4 rings (SSSR count). The topological polar surface area (TPSA) is 78.0 Å². The monoisotopic (exact) mass is 459 g/mol. The van der Waals surface area contributed by atoms with Crippen molar-refractivity contribution in [3.8, 4) is 17.0 Å². The molecule has 2 aromatic heterocycles. The first-order chi connectivity index (χ1) is 15.3. The number of alkyl halides is 2. The molecule has 166 valence electrons. The van der Waals surface area contributed by atoms with Crippen LogP contribution in [-0.4, -0.2) is 20.5 Å². The van der Waals surface area contributed by atoms with Crippen molar-refractivity contribution >= 4 is 34.4 Å². The number of fused-ring (bicyclic) bond motifs is 1. The number of nitrogen functional groups attached to an aromatic ring is 1. The van der Waals surface area contributed by atoms with E-state index in [2.05, 4.69) is 14.8 Å². The zero-order valence-corrected chi connectivity index (χ0v) is 18.1. The van der Waals surface area contributed by atoms with Gasteiger partial charge in [0, 0.05) is 30.8 Å². The molecule has 0 bridgehead atoms. The molecule has 4 aromatic rings. The fraction of sp³-hybridized carbons (Fsp3) is 0.182. The summed E-state index contributed by atoms with van der Waals surface area (Å²) in [5.74, 6) is -2.26. The summed E-state index contributed by atoms with van der Waals surface area (Å²) in [6.45, 7) is 2.05. The maximum Gasteiger partial charge on any atom is 0.302 e. The first-order valence-electron chi connectivity index (χ1n) is 9.62. The van der Waals surface area contributed by atoms with Gasteiger partial charge in [-0.3, -0.25) is 4.68 Å². The quantitative estimate of drug-likeness (QED) is 0.354. The molecule has 2 heterocycles. The Hall–Kier alpha value is -3.40. The van der Waals surface area contributed by atoms with Crippen molar-refractivity contribution < 1.29 is 17.9 Å². The van der Waals surface area contributed by atoms with Gasteiger partial charge < -0.3 is 15.2 Å². The fourth-order valence-electron chi connectivity index (χ4n) is 3.44. The number of aryl methyl sites for hydroxylation is 2. The van der Waals surface area contributed by atoms with Gasteiger partial charge in [-0.15, -0.1) is 0 Å². The molecule has 6 nitrogen and oxygen atoms in total. The summed E-state index contributed by atoms with van der Waals surface area (Å²) in [5, 5.41) is 5.32. The number of benzene rings is 2. The van der Waals surface area contributed by atoms with Crippen molar-refractivity contribution in [2.75, 3.05) is 10.5 Å². The fourth-order valence-corrected chi connectivity index (χ4v) is 3.82. The van der Waals surface area contributed by atoms with Gasteiger partial charge in [0.15, 0.2) is 0 Å². The standard InChI is InChI=1S/C22H20F3N5OS/c1-12-10-27-21(26)18-19(28-30(2)20(12)18)14-5-8-16(29-32-22(24)25)17(9-14)31-11-13-3-6-15(23)7-4-13/h3-10,22,29H,11H2,1-2H3,(H2,26,27). The van der Waals surface area contributed by atoms with E-state index in [4.69, 9.17) is 10.5 Å². The van der Waals surface area contributed by atoms with Crippen LogP contribution < -0.4 is 15.2 Å². The van der Waals surface area contributed by atoms with Crippen LogP contribution in [0.4, 0.5) is 24.7 Å². The highest BCUT2D eigenvalue weighted by molar-refractivity contribution is 8.00. The number of anilines is 2. The Bertz CT molecular complexity index is 1260. The number of rotatable bonds is 7. The molecule has 0 atom stereocenters. The predicted molar refractivity (Wildman–Crippen MR) is 121 cm³/mol.